The molecule has 2 nitrogen and oxygen atoms in total. The summed E-state index contributed by atoms with van der Waals surface area (Å²) in [5.41, 5.74) is 2.53. The lowest BCUT2D eigenvalue weighted by molar-refractivity contribution is 0.551. The Labute approximate surface area is 91.9 Å². The largest absolute Gasteiger partial charge is 0.262 e. The molecule has 0 fully saturated rings. The minimum absolute atomic E-state index is 0.430. The first-order valence-electron chi connectivity index (χ1n) is 5.63. The number of rotatable bonds is 1. The lowest BCUT2D eigenvalue weighted by atomic mass is 10.1. The third-order valence-electron chi connectivity index (χ3n) is 2.35. The first-order valence-corrected chi connectivity index (χ1v) is 5.63. The van der Waals surface area contributed by atoms with Gasteiger partial charge in [0.1, 0.15) is 0 Å². The van der Waals surface area contributed by atoms with E-state index >= 15 is 0 Å². The van der Waals surface area contributed by atoms with Crippen LogP contribution in [-0.2, 0) is 0 Å². The van der Waals surface area contributed by atoms with Gasteiger partial charge in [-0.3, -0.25) is 4.68 Å². The summed E-state index contributed by atoms with van der Waals surface area (Å²) in [6.45, 7) is 10.4. The van der Waals surface area contributed by atoms with Crippen molar-refractivity contribution in [2.45, 2.75) is 40.7 Å². The molecular formula is C13H20N2. The fourth-order valence-electron chi connectivity index (χ4n) is 1.63. The maximum absolute atomic E-state index is 4.37. The van der Waals surface area contributed by atoms with Crippen LogP contribution in [0.15, 0.2) is 24.4 Å². The topological polar surface area (TPSA) is 17.8 Å². The molecule has 0 aliphatic heterocycles. The van der Waals surface area contributed by atoms with Gasteiger partial charge >= 0.3 is 0 Å². The van der Waals surface area contributed by atoms with Crippen LogP contribution in [0.4, 0.5) is 0 Å². The van der Waals surface area contributed by atoms with Gasteiger partial charge < -0.3 is 0 Å². The number of aryl methyl sites for hydroxylation is 1. The summed E-state index contributed by atoms with van der Waals surface area (Å²) >= 11 is 0. The van der Waals surface area contributed by atoms with Crippen molar-refractivity contribution in [3.8, 4) is 0 Å². The molecule has 0 aliphatic carbocycles. The summed E-state index contributed by atoms with van der Waals surface area (Å²) in [4.78, 5) is 0. The summed E-state index contributed by atoms with van der Waals surface area (Å²) in [7, 11) is 0. The average Bonchev–Trinajstić information content (AvgIpc) is 2.66. The molecule has 2 rings (SSSR count). The molecule has 2 aromatic rings. The van der Waals surface area contributed by atoms with E-state index in [1.54, 1.807) is 0 Å². The predicted octanol–water partition coefficient (Wildman–Crippen LogP) is 3.95. The molecule has 0 aliphatic rings. The lowest BCUT2D eigenvalue weighted by Crippen LogP contribution is -2.01. The van der Waals surface area contributed by atoms with Crippen LogP contribution in [0.3, 0.4) is 0 Å². The van der Waals surface area contributed by atoms with Crippen LogP contribution >= 0.6 is 0 Å². The van der Waals surface area contributed by atoms with Crippen molar-refractivity contribution in [2.24, 2.45) is 0 Å². The second-order valence-corrected chi connectivity index (χ2v) is 3.69. The van der Waals surface area contributed by atoms with Gasteiger partial charge in [-0.2, -0.15) is 5.10 Å². The number of benzene rings is 1. The van der Waals surface area contributed by atoms with E-state index < -0.39 is 0 Å². The van der Waals surface area contributed by atoms with E-state index in [1.165, 1.54) is 16.5 Å². The highest BCUT2D eigenvalue weighted by atomic mass is 15.3. The van der Waals surface area contributed by atoms with E-state index in [4.69, 9.17) is 0 Å². The molecule has 0 spiro atoms. The molecule has 0 saturated heterocycles. The van der Waals surface area contributed by atoms with Crippen LogP contribution < -0.4 is 0 Å². The second-order valence-electron chi connectivity index (χ2n) is 3.69. The Morgan fingerprint density at radius 1 is 1.20 bits per heavy atom. The van der Waals surface area contributed by atoms with Gasteiger partial charge in [0, 0.05) is 11.4 Å². The summed E-state index contributed by atoms with van der Waals surface area (Å²) in [5, 5.41) is 5.63. The molecule has 82 valence electrons. The molecule has 2 heteroatoms. The number of nitrogens with zero attached hydrogens (tertiary/aromatic N) is 2. The van der Waals surface area contributed by atoms with Gasteiger partial charge in [0.25, 0.3) is 0 Å². The Hall–Kier alpha value is -1.31. The molecule has 0 radical (unpaired) electrons. The normalized spacial score (nSPS) is 10.3. The van der Waals surface area contributed by atoms with E-state index in [0.717, 1.165) is 0 Å². The maximum Gasteiger partial charge on any atom is 0.0688 e. The SMILES string of the molecule is CC.Cc1cccc2c1cnn2C(C)C. The van der Waals surface area contributed by atoms with Crippen LogP contribution in [0.1, 0.15) is 39.3 Å². The second kappa shape index (κ2) is 4.96. The molecule has 0 atom stereocenters. The van der Waals surface area contributed by atoms with Crippen molar-refractivity contribution < 1.29 is 0 Å². The summed E-state index contributed by atoms with van der Waals surface area (Å²) in [6.07, 6.45) is 1.95. The van der Waals surface area contributed by atoms with E-state index in [0.29, 0.717) is 6.04 Å². The zero-order chi connectivity index (χ0) is 11.4. The van der Waals surface area contributed by atoms with Crippen molar-refractivity contribution in [1.29, 1.82) is 0 Å². The molecule has 0 bridgehead atoms. The Bertz CT molecular complexity index is 427. The van der Waals surface area contributed by atoms with Crippen molar-refractivity contribution in [1.82, 2.24) is 9.78 Å². The molecular weight excluding hydrogens is 184 g/mol. The third-order valence-corrected chi connectivity index (χ3v) is 2.35. The third kappa shape index (κ3) is 2.20. The number of fused-ring (bicyclic) bond motifs is 1. The quantitative estimate of drug-likeness (QED) is 0.687. The zero-order valence-electron chi connectivity index (χ0n) is 10.3. The first kappa shape index (κ1) is 11.8. The molecule has 15 heavy (non-hydrogen) atoms. The van der Waals surface area contributed by atoms with Crippen LogP contribution in [0, 0.1) is 6.92 Å². The van der Waals surface area contributed by atoms with Crippen molar-refractivity contribution in [3.63, 3.8) is 0 Å². The van der Waals surface area contributed by atoms with Crippen molar-refractivity contribution in [2.75, 3.05) is 0 Å². The highest BCUT2D eigenvalue weighted by Gasteiger charge is 2.05. The van der Waals surface area contributed by atoms with Gasteiger partial charge in [-0.1, -0.05) is 26.0 Å². The van der Waals surface area contributed by atoms with Crippen LogP contribution in [0.5, 0.6) is 0 Å². The summed E-state index contributed by atoms with van der Waals surface area (Å²) < 4.78 is 2.06. The van der Waals surface area contributed by atoms with Crippen LogP contribution in [-0.4, -0.2) is 9.78 Å². The highest BCUT2D eigenvalue weighted by Crippen LogP contribution is 2.20. The summed E-state index contributed by atoms with van der Waals surface area (Å²) in [5.74, 6) is 0. The Kier molecular flexibility index (Phi) is 3.89. The highest BCUT2D eigenvalue weighted by molar-refractivity contribution is 5.82. The fraction of sp³-hybridized carbons (Fsp3) is 0.462. The minimum Gasteiger partial charge on any atom is -0.262 e. The van der Waals surface area contributed by atoms with Gasteiger partial charge in [0.2, 0.25) is 0 Å². The predicted molar refractivity (Wildman–Crippen MR) is 66.2 cm³/mol. The molecule has 1 aromatic carbocycles. The first-order chi connectivity index (χ1) is 7.20. The van der Waals surface area contributed by atoms with E-state index in [-0.39, 0.29) is 0 Å². The van der Waals surface area contributed by atoms with E-state index in [9.17, 15) is 0 Å². The standard InChI is InChI=1S/C11H14N2.C2H6/c1-8(2)13-11-6-4-5-9(3)10(11)7-12-13;1-2/h4-8H,1-3H3;1-2H3. The smallest absolute Gasteiger partial charge is 0.0688 e. The molecule has 0 saturated carbocycles. The van der Waals surface area contributed by atoms with Crippen LogP contribution in [0.2, 0.25) is 0 Å². The van der Waals surface area contributed by atoms with Gasteiger partial charge in [0.05, 0.1) is 11.7 Å². The Morgan fingerprint density at radius 2 is 1.87 bits per heavy atom. The van der Waals surface area contributed by atoms with Gasteiger partial charge in [0.15, 0.2) is 0 Å². The van der Waals surface area contributed by atoms with Gasteiger partial charge in [-0.05, 0) is 32.4 Å². The fourth-order valence-corrected chi connectivity index (χ4v) is 1.63. The molecule has 0 N–H and O–H groups in total. The lowest BCUT2D eigenvalue weighted by Gasteiger charge is -2.06. The monoisotopic (exact) mass is 204 g/mol. The van der Waals surface area contributed by atoms with Crippen LogP contribution in [0.25, 0.3) is 10.9 Å². The van der Waals surface area contributed by atoms with Gasteiger partial charge in [-0.25, -0.2) is 0 Å². The average molecular weight is 204 g/mol. The minimum atomic E-state index is 0.430. The molecule has 1 aromatic heterocycles. The number of aromatic nitrogens is 2. The van der Waals surface area contributed by atoms with Crippen molar-refractivity contribution in [3.05, 3.63) is 30.0 Å². The molecule has 1 heterocycles. The summed E-state index contributed by atoms with van der Waals surface area (Å²) in [6, 6.07) is 6.75. The maximum atomic E-state index is 4.37. The van der Waals surface area contributed by atoms with E-state index in [1.807, 2.05) is 20.0 Å². The zero-order valence-corrected chi connectivity index (χ0v) is 10.3. The molecule has 0 unspecified atom stereocenters. The molecule has 0 amide bonds. The number of hydrogen-bond acceptors (Lipinski definition) is 1. The van der Waals surface area contributed by atoms with E-state index in [2.05, 4.69) is 48.8 Å². The van der Waals surface area contributed by atoms with Gasteiger partial charge in [-0.15, -0.1) is 0 Å². The number of hydrogen-bond donors (Lipinski definition) is 0. The Balaban J connectivity index is 0.000000531. The Morgan fingerprint density at radius 3 is 2.47 bits per heavy atom. The van der Waals surface area contributed by atoms with Crippen molar-refractivity contribution >= 4 is 10.9 Å².